The molecule has 0 spiro atoms. The normalized spacial score (nSPS) is 23.4. The van der Waals surface area contributed by atoms with Crippen LogP contribution in [0.1, 0.15) is 49.8 Å². The Morgan fingerprint density at radius 3 is 2.92 bits per heavy atom. The summed E-state index contributed by atoms with van der Waals surface area (Å²) in [5, 5.41) is 6.14. The standard InChI is InChI=1S/C19H27F2N3O2/c1-2-24-10-4-6-14(12-24)22-19(25)23-17-7-3-5-13-11-15(26-18(20)21)8-9-16(13)17/h8-9,11,14,17-18H,2-7,10,12H2,1H3,(H2,22,23,25)/t14-,17+/m1/s1. The van der Waals surface area contributed by atoms with E-state index in [1.807, 2.05) is 0 Å². The zero-order valence-electron chi connectivity index (χ0n) is 15.1. The molecule has 1 heterocycles. The third-order valence-electron chi connectivity index (χ3n) is 5.25. The van der Waals surface area contributed by atoms with Crippen LogP contribution in [0.3, 0.4) is 0 Å². The smallest absolute Gasteiger partial charge is 0.387 e. The number of benzene rings is 1. The van der Waals surface area contributed by atoms with Gasteiger partial charge < -0.3 is 20.3 Å². The van der Waals surface area contributed by atoms with E-state index in [0.29, 0.717) is 0 Å². The van der Waals surface area contributed by atoms with Crippen molar-refractivity contribution in [1.29, 1.82) is 0 Å². The topological polar surface area (TPSA) is 53.6 Å². The van der Waals surface area contributed by atoms with Crippen molar-refractivity contribution < 1.29 is 18.3 Å². The maximum atomic E-state index is 12.4. The van der Waals surface area contributed by atoms with Crippen molar-refractivity contribution in [1.82, 2.24) is 15.5 Å². The number of likely N-dealkylation sites (N-methyl/N-ethyl adjacent to an activating group) is 1. The minimum absolute atomic E-state index is 0.0924. The average molecular weight is 367 g/mol. The number of ether oxygens (including phenoxy) is 1. The number of carbonyl (C=O) groups is 1. The van der Waals surface area contributed by atoms with E-state index in [-0.39, 0.29) is 23.9 Å². The van der Waals surface area contributed by atoms with E-state index in [4.69, 9.17) is 0 Å². The predicted octanol–water partition coefficient (Wildman–Crippen LogP) is 3.45. The summed E-state index contributed by atoms with van der Waals surface area (Å²) in [5.41, 5.74) is 1.96. The minimum Gasteiger partial charge on any atom is -0.435 e. The molecule has 26 heavy (non-hydrogen) atoms. The zero-order valence-corrected chi connectivity index (χ0v) is 15.1. The second-order valence-electron chi connectivity index (χ2n) is 7.03. The van der Waals surface area contributed by atoms with E-state index in [1.54, 1.807) is 18.2 Å². The largest absolute Gasteiger partial charge is 0.435 e. The van der Waals surface area contributed by atoms with Crippen LogP contribution in [0.25, 0.3) is 0 Å². The lowest BCUT2D eigenvalue weighted by atomic mass is 9.87. The molecule has 1 aromatic rings. The molecule has 0 bridgehead atoms. The number of piperidine rings is 1. The molecule has 1 aliphatic heterocycles. The van der Waals surface area contributed by atoms with E-state index in [2.05, 4.69) is 27.2 Å². The van der Waals surface area contributed by atoms with Crippen LogP contribution < -0.4 is 15.4 Å². The molecule has 144 valence electrons. The van der Waals surface area contributed by atoms with Crippen LogP contribution in [0, 0.1) is 0 Å². The van der Waals surface area contributed by atoms with Crippen molar-refractivity contribution in [3.05, 3.63) is 29.3 Å². The molecule has 0 radical (unpaired) electrons. The Morgan fingerprint density at radius 2 is 2.15 bits per heavy atom. The van der Waals surface area contributed by atoms with Gasteiger partial charge in [-0.2, -0.15) is 8.78 Å². The van der Waals surface area contributed by atoms with Crippen molar-refractivity contribution >= 4 is 6.03 Å². The van der Waals surface area contributed by atoms with Crippen LogP contribution in [0.4, 0.5) is 13.6 Å². The van der Waals surface area contributed by atoms with Crippen LogP contribution in [-0.2, 0) is 6.42 Å². The monoisotopic (exact) mass is 367 g/mol. The number of fused-ring (bicyclic) bond motifs is 1. The first-order chi connectivity index (χ1) is 12.5. The average Bonchev–Trinajstić information content (AvgIpc) is 2.61. The molecule has 0 saturated carbocycles. The highest BCUT2D eigenvalue weighted by atomic mass is 19.3. The number of hydrogen-bond donors (Lipinski definition) is 2. The Morgan fingerprint density at radius 1 is 1.31 bits per heavy atom. The molecular weight excluding hydrogens is 340 g/mol. The van der Waals surface area contributed by atoms with Crippen LogP contribution in [0.2, 0.25) is 0 Å². The van der Waals surface area contributed by atoms with E-state index < -0.39 is 6.61 Å². The Hall–Kier alpha value is -1.89. The third-order valence-corrected chi connectivity index (χ3v) is 5.25. The first kappa shape index (κ1) is 18.9. The fraction of sp³-hybridized carbons (Fsp3) is 0.632. The maximum Gasteiger partial charge on any atom is 0.387 e. The summed E-state index contributed by atoms with van der Waals surface area (Å²) in [4.78, 5) is 14.8. The predicted molar refractivity (Wildman–Crippen MR) is 95.6 cm³/mol. The molecule has 7 heteroatoms. The second kappa shape index (κ2) is 8.66. The fourth-order valence-electron chi connectivity index (χ4n) is 3.96. The van der Waals surface area contributed by atoms with Crippen LogP contribution in [-0.4, -0.2) is 43.2 Å². The number of likely N-dealkylation sites (tertiary alicyclic amines) is 1. The van der Waals surface area contributed by atoms with Crippen LogP contribution >= 0.6 is 0 Å². The van der Waals surface area contributed by atoms with Crippen LogP contribution in [0.15, 0.2) is 18.2 Å². The Labute approximate surface area is 153 Å². The number of hydrogen-bond acceptors (Lipinski definition) is 3. The first-order valence-corrected chi connectivity index (χ1v) is 9.42. The van der Waals surface area contributed by atoms with Crippen molar-refractivity contribution in [3.8, 4) is 5.75 Å². The minimum atomic E-state index is -2.82. The summed E-state index contributed by atoms with van der Waals surface area (Å²) < 4.78 is 29.3. The quantitative estimate of drug-likeness (QED) is 0.838. The van der Waals surface area contributed by atoms with Gasteiger partial charge in [-0.25, -0.2) is 4.79 Å². The highest BCUT2D eigenvalue weighted by Crippen LogP contribution is 2.32. The lowest BCUT2D eigenvalue weighted by Gasteiger charge is -2.33. The number of amides is 2. The van der Waals surface area contributed by atoms with Gasteiger partial charge in [0.25, 0.3) is 0 Å². The van der Waals surface area contributed by atoms with Gasteiger partial charge in [-0.1, -0.05) is 13.0 Å². The van der Waals surface area contributed by atoms with Crippen molar-refractivity contribution in [2.45, 2.75) is 57.7 Å². The highest BCUT2D eigenvalue weighted by Gasteiger charge is 2.25. The highest BCUT2D eigenvalue weighted by molar-refractivity contribution is 5.75. The Bertz CT molecular complexity index is 627. The summed E-state index contributed by atoms with van der Waals surface area (Å²) >= 11 is 0. The number of aryl methyl sites for hydroxylation is 1. The van der Waals surface area contributed by atoms with Crippen molar-refractivity contribution in [2.24, 2.45) is 0 Å². The SMILES string of the molecule is CCN1CCC[C@@H](NC(=O)N[C@H]2CCCc3cc(OC(F)F)ccc32)C1. The lowest BCUT2D eigenvalue weighted by molar-refractivity contribution is -0.0499. The molecule has 1 aliphatic carbocycles. The van der Waals surface area contributed by atoms with Gasteiger partial charge in [0.2, 0.25) is 0 Å². The number of nitrogens with zero attached hydrogens (tertiary/aromatic N) is 1. The van der Waals surface area contributed by atoms with Crippen molar-refractivity contribution in [2.75, 3.05) is 19.6 Å². The van der Waals surface area contributed by atoms with E-state index in [0.717, 1.165) is 62.9 Å². The molecule has 0 aromatic heterocycles. The van der Waals surface area contributed by atoms with Gasteiger partial charge in [-0.3, -0.25) is 0 Å². The van der Waals surface area contributed by atoms with Gasteiger partial charge in [0.15, 0.2) is 0 Å². The number of nitrogens with one attached hydrogen (secondary N) is 2. The number of rotatable bonds is 5. The molecule has 1 fully saturated rings. The number of carbonyl (C=O) groups excluding carboxylic acids is 1. The van der Waals surface area contributed by atoms with Gasteiger partial charge in [0.1, 0.15) is 5.75 Å². The van der Waals surface area contributed by atoms with Gasteiger partial charge >= 0.3 is 12.6 Å². The Balaban J connectivity index is 1.59. The van der Waals surface area contributed by atoms with Gasteiger partial charge in [-0.15, -0.1) is 0 Å². The summed E-state index contributed by atoms with van der Waals surface area (Å²) in [6, 6.07) is 4.92. The first-order valence-electron chi connectivity index (χ1n) is 9.42. The number of halogens is 2. The molecule has 2 atom stereocenters. The van der Waals surface area contributed by atoms with Gasteiger partial charge in [0, 0.05) is 12.6 Å². The Kier molecular flexibility index (Phi) is 6.29. The molecule has 3 rings (SSSR count). The zero-order chi connectivity index (χ0) is 18.5. The lowest BCUT2D eigenvalue weighted by Crippen LogP contribution is -2.51. The van der Waals surface area contributed by atoms with Gasteiger partial charge in [0.05, 0.1) is 6.04 Å². The maximum absolute atomic E-state index is 12.4. The molecule has 2 amide bonds. The third kappa shape index (κ3) is 4.84. The van der Waals surface area contributed by atoms with E-state index in [9.17, 15) is 13.6 Å². The fourth-order valence-corrected chi connectivity index (χ4v) is 3.96. The molecule has 1 saturated heterocycles. The summed E-state index contributed by atoms with van der Waals surface area (Å²) in [7, 11) is 0. The van der Waals surface area contributed by atoms with E-state index in [1.165, 1.54) is 0 Å². The molecule has 2 aliphatic rings. The second-order valence-corrected chi connectivity index (χ2v) is 7.03. The van der Waals surface area contributed by atoms with Crippen LogP contribution in [0.5, 0.6) is 5.75 Å². The summed E-state index contributed by atoms with van der Waals surface area (Å²) in [6.45, 7) is 2.29. The summed E-state index contributed by atoms with van der Waals surface area (Å²) in [6.07, 6.45) is 4.66. The number of urea groups is 1. The van der Waals surface area contributed by atoms with Crippen molar-refractivity contribution in [3.63, 3.8) is 0 Å². The molecular formula is C19H27F2N3O2. The molecule has 0 unspecified atom stereocenters. The molecule has 5 nitrogen and oxygen atoms in total. The van der Waals surface area contributed by atoms with Gasteiger partial charge in [-0.05, 0) is 68.5 Å². The summed E-state index contributed by atoms with van der Waals surface area (Å²) in [5.74, 6) is 0.172. The molecule has 1 aromatic carbocycles. The van der Waals surface area contributed by atoms with E-state index >= 15 is 0 Å². The number of alkyl halides is 2. The molecule has 2 N–H and O–H groups in total.